The topological polar surface area (TPSA) is 120 Å². The number of aromatic amines is 1. The molecule has 1 aliphatic heterocycles. The molecule has 2 aliphatic rings. The van der Waals surface area contributed by atoms with Gasteiger partial charge in [-0.05, 0) is 67.5 Å². The van der Waals surface area contributed by atoms with Crippen molar-refractivity contribution < 1.29 is 24.3 Å². The number of carbonyl (C=O) groups excluding carboxylic acids is 3. The van der Waals surface area contributed by atoms with E-state index in [0.29, 0.717) is 29.8 Å². The van der Waals surface area contributed by atoms with E-state index in [4.69, 9.17) is 0 Å². The SMILES string of the molecule is O=C(O)C1=C(C(=O)Nc2cccc(SC3CC(=O)N(c4ccc5cc[nH]c5c4)C3=O)c2)CCCC1. The molecule has 0 bridgehead atoms. The number of hydrogen-bond donors (Lipinski definition) is 3. The molecule has 3 aromatic rings. The third-order valence-electron chi connectivity index (χ3n) is 6.27. The summed E-state index contributed by atoms with van der Waals surface area (Å²) in [5.74, 6) is -2.00. The molecule has 1 unspecified atom stereocenters. The van der Waals surface area contributed by atoms with Crippen LogP contribution in [0, 0.1) is 0 Å². The number of thioether (sulfide) groups is 1. The van der Waals surface area contributed by atoms with Gasteiger partial charge in [-0.2, -0.15) is 0 Å². The average molecular weight is 490 g/mol. The van der Waals surface area contributed by atoms with Crippen LogP contribution in [0.25, 0.3) is 10.9 Å². The Hall–Kier alpha value is -3.85. The van der Waals surface area contributed by atoms with Gasteiger partial charge in [-0.15, -0.1) is 11.8 Å². The van der Waals surface area contributed by atoms with Crippen LogP contribution >= 0.6 is 11.8 Å². The second kappa shape index (κ2) is 9.42. The first-order chi connectivity index (χ1) is 16.9. The molecule has 0 radical (unpaired) electrons. The summed E-state index contributed by atoms with van der Waals surface area (Å²) in [6.07, 6.45) is 4.25. The van der Waals surface area contributed by atoms with Crippen molar-refractivity contribution in [2.45, 2.75) is 42.2 Å². The fourth-order valence-electron chi connectivity index (χ4n) is 4.55. The monoisotopic (exact) mass is 489 g/mol. The number of H-pyrrole nitrogens is 1. The summed E-state index contributed by atoms with van der Waals surface area (Å²) in [4.78, 5) is 55.1. The summed E-state index contributed by atoms with van der Waals surface area (Å²) >= 11 is 1.27. The van der Waals surface area contributed by atoms with Gasteiger partial charge in [-0.25, -0.2) is 9.69 Å². The maximum atomic E-state index is 13.1. The maximum Gasteiger partial charge on any atom is 0.332 e. The fourth-order valence-corrected chi connectivity index (χ4v) is 5.67. The Balaban J connectivity index is 1.30. The Morgan fingerprint density at radius 2 is 1.83 bits per heavy atom. The van der Waals surface area contributed by atoms with Crippen molar-refractivity contribution in [2.75, 3.05) is 10.2 Å². The van der Waals surface area contributed by atoms with Crippen molar-refractivity contribution in [3.63, 3.8) is 0 Å². The average Bonchev–Trinajstić information content (AvgIpc) is 3.42. The predicted octanol–water partition coefficient (Wildman–Crippen LogP) is 4.49. The Labute approximate surface area is 205 Å². The van der Waals surface area contributed by atoms with E-state index in [1.54, 1.807) is 36.5 Å². The number of aliphatic carboxylic acids is 1. The first kappa shape index (κ1) is 22.9. The van der Waals surface area contributed by atoms with Crippen LogP contribution in [0.2, 0.25) is 0 Å². The molecule has 0 saturated carbocycles. The molecule has 1 atom stereocenters. The Kier molecular flexibility index (Phi) is 6.17. The molecule has 3 amide bonds. The normalized spacial score (nSPS) is 18.4. The standard InChI is InChI=1S/C26H23N3O5S/c30-23-14-22(25(32)29(23)17-9-8-15-10-11-27-21(15)13-17)35-18-5-3-4-16(12-18)28-24(31)19-6-1-2-7-20(19)26(33)34/h3-5,8-13,22,27H,1-2,6-7,14H2,(H,28,31)(H,33,34). The largest absolute Gasteiger partial charge is 0.478 e. The van der Waals surface area contributed by atoms with Crippen LogP contribution in [0.4, 0.5) is 11.4 Å². The van der Waals surface area contributed by atoms with E-state index in [1.165, 1.54) is 16.7 Å². The number of nitrogens with one attached hydrogen (secondary N) is 2. The van der Waals surface area contributed by atoms with Crippen molar-refractivity contribution in [3.8, 4) is 0 Å². The predicted molar refractivity (Wildman–Crippen MR) is 133 cm³/mol. The van der Waals surface area contributed by atoms with E-state index in [1.807, 2.05) is 18.2 Å². The zero-order valence-electron chi connectivity index (χ0n) is 18.7. The Bertz CT molecular complexity index is 1390. The number of carbonyl (C=O) groups is 4. The molecule has 3 N–H and O–H groups in total. The van der Waals surface area contributed by atoms with E-state index < -0.39 is 17.1 Å². The number of rotatable bonds is 6. The van der Waals surface area contributed by atoms with E-state index >= 15 is 0 Å². The lowest BCUT2D eigenvalue weighted by Crippen LogP contribution is -2.31. The molecule has 2 aromatic carbocycles. The van der Waals surface area contributed by atoms with Crippen molar-refractivity contribution >= 4 is 57.7 Å². The molecule has 1 saturated heterocycles. The van der Waals surface area contributed by atoms with Crippen LogP contribution in [0.1, 0.15) is 32.1 Å². The molecule has 5 rings (SSSR count). The summed E-state index contributed by atoms with van der Waals surface area (Å²) in [5.41, 5.74) is 2.38. The highest BCUT2D eigenvalue weighted by atomic mass is 32.2. The lowest BCUT2D eigenvalue weighted by atomic mass is 9.91. The molecule has 2 heterocycles. The Morgan fingerprint density at radius 3 is 2.63 bits per heavy atom. The zero-order chi connectivity index (χ0) is 24.5. The minimum atomic E-state index is -1.05. The number of anilines is 2. The molecule has 1 aromatic heterocycles. The highest BCUT2D eigenvalue weighted by Crippen LogP contribution is 2.36. The smallest absolute Gasteiger partial charge is 0.332 e. The van der Waals surface area contributed by atoms with Crippen LogP contribution in [0.3, 0.4) is 0 Å². The fraction of sp³-hybridized carbons (Fsp3) is 0.231. The van der Waals surface area contributed by atoms with E-state index in [9.17, 15) is 24.3 Å². The molecule has 1 aliphatic carbocycles. The second-order valence-corrected chi connectivity index (χ2v) is 9.85. The first-order valence-electron chi connectivity index (χ1n) is 11.4. The van der Waals surface area contributed by atoms with Crippen LogP contribution in [-0.4, -0.2) is 39.0 Å². The van der Waals surface area contributed by atoms with Crippen LogP contribution < -0.4 is 10.2 Å². The van der Waals surface area contributed by atoms with Gasteiger partial charge in [0.2, 0.25) is 11.8 Å². The first-order valence-corrected chi connectivity index (χ1v) is 12.3. The summed E-state index contributed by atoms with van der Waals surface area (Å²) < 4.78 is 0. The Morgan fingerprint density at radius 1 is 1.03 bits per heavy atom. The van der Waals surface area contributed by atoms with Gasteiger partial charge in [0.05, 0.1) is 10.9 Å². The highest BCUT2D eigenvalue weighted by molar-refractivity contribution is 8.00. The number of carboxylic acid groups (broad SMARTS) is 1. The minimum Gasteiger partial charge on any atom is -0.478 e. The molecule has 9 heteroatoms. The van der Waals surface area contributed by atoms with Gasteiger partial charge < -0.3 is 15.4 Å². The van der Waals surface area contributed by atoms with Crippen LogP contribution in [-0.2, 0) is 19.2 Å². The van der Waals surface area contributed by atoms with Gasteiger partial charge in [-0.3, -0.25) is 14.4 Å². The van der Waals surface area contributed by atoms with E-state index in [2.05, 4.69) is 10.3 Å². The number of aromatic nitrogens is 1. The zero-order valence-corrected chi connectivity index (χ0v) is 19.6. The van der Waals surface area contributed by atoms with Gasteiger partial charge in [0.1, 0.15) is 0 Å². The van der Waals surface area contributed by atoms with E-state index in [0.717, 1.165) is 28.6 Å². The quantitative estimate of drug-likeness (QED) is 0.439. The van der Waals surface area contributed by atoms with Crippen LogP contribution in [0.5, 0.6) is 0 Å². The lowest BCUT2D eigenvalue weighted by molar-refractivity contribution is -0.133. The van der Waals surface area contributed by atoms with Crippen LogP contribution in [0.15, 0.2) is 70.8 Å². The minimum absolute atomic E-state index is 0.0811. The number of fused-ring (bicyclic) bond motifs is 1. The number of hydrogen-bond acceptors (Lipinski definition) is 5. The van der Waals surface area contributed by atoms with Crippen molar-refractivity contribution in [2.24, 2.45) is 0 Å². The van der Waals surface area contributed by atoms with E-state index in [-0.39, 0.29) is 23.8 Å². The summed E-state index contributed by atoms with van der Waals surface area (Å²) in [5, 5.41) is 12.6. The van der Waals surface area contributed by atoms with Crippen molar-refractivity contribution in [1.82, 2.24) is 4.98 Å². The summed E-state index contributed by atoms with van der Waals surface area (Å²) in [7, 11) is 0. The third kappa shape index (κ3) is 4.59. The molecule has 178 valence electrons. The number of imide groups is 1. The number of amides is 3. The number of benzene rings is 2. The third-order valence-corrected chi connectivity index (χ3v) is 7.45. The molecule has 35 heavy (non-hydrogen) atoms. The molecule has 8 nitrogen and oxygen atoms in total. The molecular formula is C26H23N3O5S. The van der Waals surface area contributed by atoms with Crippen molar-refractivity contribution in [1.29, 1.82) is 0 Å². The highest BCUT2D eigenvalue weighted by Gasteiger charge is 2.40. The molecular weight excluding hydrogens is 466 g/mol. The van der Waals surface area contributed by atoms with Gasteiger partial charge in [-0.1, -0.05) is 12.1 Å². The molecule has 0 spiro atoms. The maximum absolute atomic E-state index is 13.1. The number of nitrogens with zero attached hydrogens (tertiary/aromatic N) is 1. The van der Waals surface area contributed by atoms with Gasteiger partial charge in [0, 0.05) is 39.9 Å². The summed E-state index contributed by atoms with van der Waals surface area (Å²) in [6, 6.07) is 14.4. The number of carboxylic acids is 1. The molecule has 1 fully saturated rings. The lowest BCUT2D eigenvalue weighted by Gasteiger charge is -2.17. The van der Waals surface area contributed by atoms with Gasteiger partial charge in [0.15, 0.2) is 0 Å². The second-order valence-electron chi connectivity index (χ2n) is 8.58. The van der Waals surface area contributed by atoms with Gasteiger partial charge in [0.25, 0.3) is 5.91 Å². The van der Waals surface area contributed by atoms with Crippen molar-refractivity contribution in [3.05, 3.63) is 65.9 Å². The summed E-state index contributed by atoms with van der Waals surface area (Å²) in [6.45, 7) is 0. The van der Waals surface area contributed by atoms with Gasteiger partial charge >= 0.3 is 5.97 Å².